The van der Waals surface area contributed by atoms with Gasteiger partial charge in [0, 0.05) is 6.54 Å². The maximum atomic E-state index is 5.73. The van der Waals surface area contributed by atoms with E-state index in [1.54, 1.807) is 0 Å². The fraction of sp³-hybridized carbons (Fsp3) is 0.667. The highest BCUT2D eigenvalue weighted by Crippen LogP contribution is 2.20. The second-order valence-corrected chi connectivity index (χ2v) is 6.63. The lowest BCUT2D eigenvalue weighted by molar-refractivity contribution is 0.176. The summed E-state index contributed by atoms with van der Waals surface area (Å²) in [5, 5.41) is 3.30. The first-order chi connectivity index (χ1) is 10.2. The minimum Gasteiger partial charge on any atom is -0.493 e. The summed E-state index contributed by atoms with van der Waals surface area (Å²) in [7, 11) is 2.05. The predicted molar refractivity (Wildman–Crippen MR) is 88.7 cm³/mol. The first-order valence-corrected chi connectivity index (χ1v) is 8.26. The number of hydrogen-bond acceptors (Lipinski definition) is 3. The van der Waals surface area contributed by atoms with Gasteiger partial charge in [0.25, 0.3) is 0 Å². The summed E-state index contributed by atoms with van der Waals surface area (Å²) in [5.74, 6) is 2.42. The summed E-state index contributed by atoms with van der Waals surface area (Å²) in [5.41, 5.74) is 1.39. The highest BCUT2D eigenvalue weighted by atomic mass is 16.5. The van der Waals surface area contributed by atoms with E-state index in [0.29, 0.717) is 5.92 Å². The van der Waals surface area contributed by atoms with Gasteiger partial charge in [-0.3, -0.25) is 4.90 Å². The van der Waals surface area contributed by atoms with Gasteiger partial charge in [-0.25, -0.2) is 0 Å². The molecule has 1 aliphatic heterocycles. The number of benzene rings is 1. The summed E-state index contributed by atoms with van der Waals surface area (Å²) in [6, 6.07) is 8.61. The van der Waals surface area contributed by atoms with E-state index in [1.165, 1.54) is 31.5 Å². The van der Waals surface area contributed by atoms with Crippen LogP contribution < -0.4 is 10.1 Å². The molecule has 1 saturated heterocycles. The molecule has 1 aromatic carbocycles. The topological polar surface area (TPSA) is 24.5 Å². The van der Waals surface area contributed by atoms with E-state index < -0.39 is 0 Å². The van der Waals surface area contributed by atoms with Crippen LogP contribution in [0.4, 0.5) is 0 Å². The van der Waals surface area contributed by atoms with Gasteiger partial charge in [0.15, 0.2) is 0 Å². The Morgan fingerprint density at radius 1 is 1.19 bits per heavy atom. The first-order valence-electron chi connectivity index (χ1n) is 8.26. The Morgan fingerprint density at radius 2 is 1.86 bits per heavy atom. The third-order valence-corrected chi connectivity index (χ3v) is 4.11. The van der Waals surface area contributed by atoms with E-state index in [4.69, 9.17) is 4.74 Å². The maximum Gasteiger partial charge on any atom is 0.119 e. The van der Waals surface area contributed by atoms with Crippen LogP contribution in [0.2, 0.25) is 0 Å². The molecule has 0 atom stereocenters. The van der Waals surface area contributed by atoms with Crippen LogP contribution in [-0.4, -0.2) is 38.2 Å². The third kappa shape index (κ3) is 5.68. The highest BCUT2D eigenvalue weighted by Gasteiger charge is 2.18. The molecule has 1 fully saturated rings. The lowest BCUT2D eigenvalue weighted by Gasteiger charge is -2.31. The molecular weight excluding hydrogens is 260 g/mol. The Kier molecular flexibility index (Phi) is 6.52. The minimum atomic E-state index is 0.573. The first kappa shape index (κ1) is 16.3. The number of nitrogens with zero attached hydrogens (tertiary/aromatic N) is 1. The van der Waals surface area contributed by atoms with Gasteiger partial charge >= 0.3 is 0 Å². The van der Waals surface area contributed by atoms with Crippen molar-refractivity contribution in [3.8, 4) is 5.75 Å². The summed E-state index contributed by atoms with van der Waals surface area (Å²) >= 11 is 0. The van der Waals surface area contributed by atoms with Crippen molar-refractivity contribution in [1.29, 1.82) is 0 Å². The Hall–Kier alpha value is -1.06. The van der Waals surface area contributed by atoms with Crippen LogP contribution in [0.5, 0.6) is 5.75 Å². The summed E-state index contributed by atoms with van der Waals surface area (Å²) in [4.78, 5) is 2.57. The standard InChI is InChI=1S/C18H30N2O/c1-15(2)14-21-18-6-4-17(5-7-18)13-20-10-8-16(9-11-20)12-19-3/h4-7,15-16,19H,8-14H2,1-3H3. The Balaban J connectivity index is 1.76. The molecule has 0 radical (unpaired) electrons. The molecule has 118 valence electrons. The zero-order valence-corrected chi connectivity index (χ0v) is 13.8. The van der Waals surface area contributed by atoms with Crippen molar-refractivity contribution in [2.24, 2.45) is 11.8 Å². The second kappa shape index (κ2) is 8.40. The molecule has 0 saturated carbocycles. The van der Waals surface area contributed by atoms with E-state index in [9.17, 15) is 0 Å². The number of rotatable bonds is 7. The van der Waals surface area contributed by atoms with Crippen LogP contribution >= 0.6 is 0 Å². The SMILES string of the molecule is CNCC1CCN(Cc2ccc(OCC(C)C)cc2)CC1. The minimum absolute atomic E-state index is 0.573. The Morgan fingerprint density at radius 3 is 2.43 bits per heavy atom. The molecule has 0 spiro atoms. The molecule has 21 heavy (non-hydrogen) atoms. The van der Waals surface area contributed by atoms with Crippen LogP contribution in [0.3, 0.4) is 0 Å². The van der Waals surface area contributed by atoms with Gasteiger partial charge in [-0.2, -0.15) is 0 Å². The largest absolute Gasteiger partial charge is 0.493 e. The maximum absolute atomic E-state index is 5.73. The molecule has 2 rings (SSSR count). The molecule has 1 aromatic rings. The molecule has 3 heteroatoms. The average molecular weight is 290 g/mol. The highest BCUT2D eigenvalue weighted by molar-refractivity contribution is 5.27. The number of piperidine rings is 1. The number of likely N-dealkylation sites (tertiary alicyclic amines) is 1. The zero-order valence-electron chi connectivity index (χ0n) is 13.8. The monoisotopic (exact) mass is 290 g/mol. The van der Waals surface area contributed by atoms with Crippen LogP contribution in [0.1, 0.15) is 32.3 Å². The van der Waals surface area contributed by atoms with Crippen molar-refractivity contribution in [3.05, 3.63) is 29.8 Å². The van der Waals surface area contributed by atoms with Gasteiger partial charge in [0.2, 0.25) is 0 Å². The van der Waals surface area contributed by atoms with Crippen molar-refractivity contribution in [1.82, 2.24) is 10.2 Å². The average Bonchev–Trinajstić information content (AvgIpc) is 2.49. The molecule has 0 aromatic heterocycles. The van der Waals surface area contributed by atoms with Crippen LogP contribution in [0.15, 0.2) is 24.3 Å². The number of nitrogens with one attached hydrogen (secondary N) is 1. The quantitative estimate of drug-likeness (QED) is 0.835. The zero-order chi connectivity index (χ0) is 15.1. The molecule has 1 N–H and O–H groups in total. The number of hydrogen-bond donors (Lipinski definition) is 1. The van der Waals surface area contributed by atoms with Crippen LogP contribution in [0.25, 0.3) is 0 Å². The summed E-state index contributed by atoms with van der Waals surface area (Å²) in [6.45, 7) is 9.80. The molecule has 1 heterocycles. The van der Waals surface area contributed by atoms with Gasteiger partial charge in [0.1, 0.15) is 5.75 Å². The summed E-state index contributed by atoms with van der Waals surface area (Å²) < 4.78 is 5.73. The van der Waals surface area contributed by atoms with E-state index in [-0.39, 0.29) is 0 Å². The molecule has 0 aliphatic carbocycles. The van der Waals surface area contributed by atoms with Gasteiger partial charge < -0.3 is 10.1 Å². The molecule has 0 unspecified atom stereocenters. The van der Waals surface area contributed by atoms with Crippen molar-refractivity contribution in [2.75, 3.05) is 33.3 Å². The Bertz CT molecular complexity index is 394. The lowest BCUT2D eigenvalue weighted by atomic mass is 9.96. The molecule has 1 aliphatic rings. The van der Waals surface area contributed by atoms with E-state index in [0.717, 1.165) is 31.4 Å². The molecule has 0 amide bonds. The van der Waals surface area contributed by atoms with Crippen LogP contribution in [-0.2, 0) is 6.54 Å². The van der Waals surface area contributed by atoms with Crippen molar-refractivity contribution < 1.29 is 4.74 Å². The van der Waals surface area contributed by atoms with Gasteiger partial charge in [-0.15, -0.1) is 0 Å². The number of ether oxygens (including phenoxy) is 1. The van der Waals surface area contributed by atoms with E-state index in [2.05, 4.69) is 55.4 Å². The molecule has 0 bridgehead atoms. The third-order valence-electron chi connectivity index (χ3n) is 4.11. The van der Waals surface area contributed by atoms with Gasteiger partial charge in [0.05, 0.1) is 6.61 Å². The van der Waals surface area contributed by atoms with E-state index in [1.807, 2.05) is 0 Å². The van der Waals surface area contributed by atoms with Gasteiger partial charge in [-0.05, 0) is 69.1 Å². The van der Waals surface area contributed by atoms with Crippen molar-refractivity contribution in [3.63, 3.8) is 0 Å². The molecular formula is C18H30N2O. The fourth-order valence-electron chi connectivity index (χ4n) is 2.85. The van der Waals surface area contributed by atoms with Crippen LogP contribution in [0, 0.1) is 11.8 Å². The van der Waals surface area contributed by atoms with Crippen molar-refractivity contribution >= 4 is 0 Å². The second-order valence-electron chi connectivity index (χ2n) is 6.63. The predicted octanol–water partition coefficient (Wildman–Crippen LogP) is 3.15. The normalized spacial score (nSPS) is 17.3. The van der Waals surface area contributed by atoms with E-state index >= 15 is 0 Å². The fourth-order valence-corrected chi connectivity index (χ4v) is 2.85. The Labute approximate surface area is 129 Å². The molecule has 3 nitrogen and oxygen atoms in total. The van der Waals surface area contributed by atoms with Gasteiger partial charge in [-0.1, -0.05) is 26.0 Å². The lowest BCUT2D eigenvalue weighted by Crippen LogP contribution is -2.36. The van der Waals surface area contributed by atoms with Crippen molar-refractivity contribution in [2.45, 2.75) is 33.2 Å². The summed E-state index contributed by atoms with van der Waals surface area (Å²) in [6.07, 6.45) is 2.63. The smallest absolute Gasteiger partial charge is 0.119 e.